The fourth-order valence-electron chi connectivity index (χ4n) is 5.26. The van der Waals surface area contributed by atoms with Crippen LogP contribution in [-0.4, -0.2) is 83.9 Å². The number of rotatable bonds is 5. The lowest BCUT2D eigenvalue weighted by atomic mass is 9.79. The summed E-state index contributed by atoms with van der Waals surface area (Å²) in [4.78, 5) is 43.1. The van der Waals surface area contributed by atoms with Crippen molar-refractivity contribution >= 4 is 17.7 Å². The van der Waals surface area contributed by atoms with Crippen molar-refractivity contribution in [3.8, 4) is 6.07 Å². The maximum absolute atomic E-state index is 13.8. The van der Waals surface area contributed by atoms with Crippen LogP contribution in [0.15, 0.2) is 18.2 Å². The van der Waals surface area contributed by atoms with E-state index in [1.54, 1.807) is 24.0 Å². The Bertz CT molecular complexity index is 987. The molecule has 0 spiro atoms. The standard InChI is InChI=1S/C24H31FN6O3/c1-16(32)29-6-8-30(9-7-29)19-4-5-22-20(11-19)24(34)31(15-28-22)14-23(33)27-13-17-2-3-18(12-26)21(25)10-17/h2-3,10,19-20,22,28H,4-9,11,13-15H2,1H3,(H,27,33). The number of piperazine rings is 1. The first-order chi connectivity index (χ1) is 16.4. The second-order valence-electron chi connectivity index (χ2n) is 9.32. The molecule has 1 aliphatic carbocycles. The summed E-state index contributed by atoms with van der Waals surface area (Å²) in [6, 6.07) is 6.41. The lowest BCUT2D eigenvalue weighted by molar-refractivity contribution is -0.146. The van der Waals surface area contributed by atoms with E-state index in [1.807, 2.05) is 4.90 Å². The predicted octanol–water partition coefficient (Wildman–Crippen LogP) is 0.404. The Labute approximate surface area is 198 Å². The van der Waals surface area contributed by atoms with Crippen molar-refractivity contribution in [2.24, 2.45) is 5.92 Å². The zero-order chi connectivity index (χ0) is 24.2. The molecule has 0 aromatic heterocycles. The molecule has 3 unspecified atom stereocenters. The first-order valence-electron chi connectivity index (χ1n) is 11.8. The summed E-state index contributed by atoms with van der Waals surface area (Å²) in [5.41, 5.74) is 0.508. The van der Waals surface area contributed by atoms with Gasteiger partial charge in [-0.05, 0) is 37.0 Å². The third-order valence-electron chi connectivity index (χ3n) is 7.25. The molecule has 3 atom stereocenters. The second-order valence-corrected chi connectivity index (χ2v) is 9.32. The molecule has 10 heteroatoms. The highest BCUT2D eigenvalue weighted by atomic mass is 19.1. The first kappa shape index (κ1) is 24.1. The molecule has 1 saturated carbocycles. The van der Waals surface area contributed by atoms with Crippen LogP contribution in [0.2, 0.25) is 0 Å². The molecule has 182 valence electrons. The number of benzene rings is 1. The van der Waals surface area contributed by atoms with E-state index in [9.17, 15) is 18.8 Å². The molecule has 34 heavy (non-hydrogen) atoms. The normalized spacial score (nSPS) is 25.4. The molecule has 2 heterocycles. The number of nitriles is 1. The summed E-state index contributed by atoms with van der Waals surface area (Å²) in [5.74, 6) is -1.00. The van der Waals surface area contributed by atoms with Gasteiger partial charge in [-0.2, -0.15) is 5.26 Å². The molecule has 2 N–H and O–H groups in total. The van der Waals surface area contributed by atoms with E-state index < -0.39 is 5.82 Å². The SMILES string of the molecule is CC(=O)N1CCN(C2CCC3NCN(CC(=O)NCc4ccc(C#N)c(F)c4)C(=O)C3C2)CC1. The Hall–Kier alpha value is -3.03. The largest absolute Gasteiger partial charge is 0.350 e. The maximum Gasteiger partial charge on any atom is 0.239 e. The van der Waals surface area contributed by atoms with Gasteiger partial charge in [0.05, 0.1) is 18.2 Å². The average molecular weight is 471 g/mol. The fourth-order valence-corrected chi connectivity index (χ4v) is 5.26. The minimum atomic E-state index is -0.620. The zero-order valence-electron chi connectivity index (χ0n) is 19.4. The molecule has 2 saturated heterocycles. The molecule has 2 aliphatic heterocycles. The van der Waals surface area contributed by atoms with Crippen LogP contribution in [0, 0.1) is 23.1 Å². The van der Waals surface area contributed by atoms with Crippen LogP contribution in [0.1, 0.15) is 37.3 Å². The van der Waals surface area contributed by atoms with Crippen molar-refractivity contribution < 1.29 is 18.8 Å². The third-order valence-corrected chi connectivity index (χ3v) is 7.25. The maximum atomic E-state index is 13.8. The highest BCUT2D eigenvalue weighted by Crippen LogP contribution is 2.32. The number of hydrogen-bond donors (Lipinski definition) is 2. The quantitative estimate of drug-likeness (QED) is 0.645. The smallest absolute Gasteiger partial charge is 0.239 e. The van der Waals surface area contributed by atoms with Crippen molar-refractivity contribution in [2.45, 2.75) is 44.8 Å². The molecule has 9 nitrogen and oxygen atoms in total. The Morgan fingerprint density at radius 1 is 1.24 bits per heavy atom. The van der Waals surface area contributed by atoms with Gasteiger partial charge in [-0.1, -0.05) is 6.07 Å². The average Bonchev–Trinajstić information content (AvgIpc) is 2.84. The van der Waals surface area contributed by atoms with Crippen LogP contribution in [0.5, 0.6) is 0 Å². The number of nitrogens with one attached hydrogen (secondary N) is 2. The number of halogens is 1. The van der Waals surface area contributed by atoms with E-state index >= 15 is 0 Å². The summed E-state index contributed by atoms with van der Waals surface area (Å²) in [5, 5.41) is 15.0. The Balaban J connectivity index is 1.28. The molecule has 3 aliphatic rings. The van der Waals surface area contributed by atoms with Crippen molar-refractivity contribution in [1.29, 1.82) is 5.26 Å². The number of carbonyl (C=O) groups excluding carboxylic acids is 3. The minimum Gasteiger partial charge on any atom is -0.350 e. The van der Waals surface area contributed by atoms with Gasteiger partial charge in [-0.15, -0.1) is 0 Å². The summed E-state index contributed by atoms with van der Waals surface area (Å²) >= 11 is 0. The van der Waals surface area contributed by atoms with Gasteiger partial charge in [0.1, 0.15) is 18.4 Å². The third kappa shape index (κ3) is 5.37. The van der Waals surface area contributed by atoms with Crippen LogP contribution in [0.3, 0.4) is 0 Å². The number of amides is 3. The topological polar surface area (TPSA) is 109 Å². The summed E-state index contributed by atoms with van der Waals surface area (Å²) in [6.45, 7) is 5.09. The van der Waals surface area contributed by atoms with Gasteiger partial charge in [-0.3, -0.25) is 24.6 Å². The van der Waals surface area contributed by atoms with Crippen LogP contribution >= 0.6 is 0 Å². The molecule has 4 rings (SSSR count). The number of nitrogens with zero attached hydrogens (tertiary/aromatic N) is 4. The van der Waals surface area contributed by atoms with Gasteiger partial charge in [0.15, 0.2) is 0 Å². The van der Waals surface area contributed by atoms with Crippen LogP contribution in [0.4, 0.5) is 4.39 Å². The zero-order valence-corrected chi connectivity index (χ0v) is 19.4. The van der Waals surface area contributed by atoms with Gasteiger partial charge >= 0.3 is 0 Å². The van der Waals surface area contributed by atoms with Gasteiger partial charge < -0.3 is 15.1 Å². The Kier molecular flexibility index (Phi) is 7.44. The molecule has 0 bridgehead atoms. The fraction of sp³-hybridized carbons (Fsp3) is 0.583. The number of hydrogen-bond acceptors (Lipinski definition) is 6. The first-order valence-corrected chi connectivity index (χ1v) is 11.8. The summed E-state index contributed by atoms with van der Waals surface area (Å²) in [6.07, 6.45) is 2.68. The molecule has 1 aromatic carbocycles. The van der Waals surface area contributed by atoms with E-state index in [4.69, 9.17) is 5.26 Å². The summed E-state index contributed by atoms with van der Waals surface area (Å²) in [7, 11) is 0. The van der Waals surface area contributed by atoms with E-state index in [2.05, 4.69) is 15.5 Å². The number of carbonyl (C=O) groups is 3. The van der Waals surface area contributed by atoms with Gasteiger partial charge in [0.2, 0.25) is 17.7 Å². The van der Waals surface area contributed by atoms with E-state index in [1.165, 1.54) is 12.1 Å². The Morgan fingerprint density at radius 3 is 2.68 bits per heavy atom. The molecular formula is C24H31FN6O3. The minimum absolute atomic E-state index is 0.00427. The molecule has 3 amide bonds. The molecule has 1 aromatic rings. The molecular weight excluding hydrogens is 439 g/mol. The van der Waals surface area contributed by atoms with Gasteiger partial charge in [0.25, 0.3) is 0 Å². The number of fused-ring (bicyclic) bond motifs is 1. The Morgan fingerprint density at radius 2 is 2.00 bits per heavy atom. The van der Waals surface area contributed by atoms with Crippen LogP contribution in [0.25, 0.3) is 0 Å². The molecule has 0 radical (unpaired) electrons. The highest BCUT2D eigenvalue weighted by Gasteiger charge is 2.42. The van der Waals surface area contributed by atoms with Gasteiger partial charge in [0, 0.05) is 51.7 Å². The van der Waals surface area contributed by atoms with Gasteiger partial charge in [-0.25, -0.2) is 4.39 Å². The van der Waals surface area contributed by atoms with Crippen molar-refractivity contribution in [3.63, 3.8) is 0 Å². The van der Waals surface area contributed by atoms with Crippen molar-refractivity contribution in [1.82, 2.24) is 25.3 Å². The summed E-state index contributed by atoms with van der Waals surface area (Å²) < 4.78 is 13.8. The van der Waals surface area contributed by atoms with E-state index in [0.29, 0.717) is 18.3 Å². The van der Waals surface area contributed by atoms with Crippen molar-refractivity contribution in [3.05, 3.63) is 35.1 Å². The molecule has 3 fully saturated rings. The lowest BCUT2D eigenvalue weighted by Crippen LogP contribution is -2.62. The van der Waals surface area contributed by atoms with Crippen molar-refractivity contribution in [2.75, 3.05) is 39.4 Å². The second kappa shape index (κ2) is 10.5. The monoisotopic (exact) mass is 470 g/mol. The highest BCUT2D eigenvalue weighted by molar-refractivity contribution is 5.86. The van der Waals surface area contributed by atoms with E-state index in [0.717, 1.165) is 45.4 Å². The predicted molar refractivity (Wildman–Crippen MR) is 121 cm³/mol. The van der Waals surface area contributed by atoms with E-state index in [-0.39, 0.29) is 48.3 Å². The van der Waals surface area contributed by atoms with Crippen LogP contribution in [-0.2, 0) is 20.9 Å². The lowest BCUT2D eigenvalue weighted by Gasteiger charge is -2.47. The van der Waals surface area contributed by atoms with Crippen LogP contribution < -0.4 is 10.6 Å².